The van der Waals surface area contributed by atoms with Crippen molar-refractivity contribution in [1.82, 2.24) is 0 Å². The van der Waals surface area contributed by atoms with Crippen LogP contribution < -0.4 is 20.0 Å². The van der Waals surface area contributed by atoms with Crippen molar-refractivity contribution in [2.45, 2.75) is 6.92 Å². The molecule has 1 aromatic heterocycles. The zero-order valence-electron chi connectivity index (χ0n) is 15.1. The molecule has 0 radical (unpaired) electrons. The van der Waals surface area contributed by atoms with Crippen molar-refractivity contribution < 1.29 is 4.74 Å². The molecule has 0 bridgehead atoms. The number of ether oxygens (including phenoxy) is 1. The lowest BCUT2D eigenvalue weighted by atomic mass is 10.1. The van der Waals surface area contributed by atoms with Gasteiger partial charge in [0, 0.05) is 41.6 Å². The van der Waals surface area contributed by atoms with Crippen LogP contribution in [0.1, 0.15) is 5.56 Å². The first-order valence-corrected chi connectivity index (χ1v) is 9.70. The van der Waals surface area contributed by atoms with Crippen LogP contribution in [0, 0.1) is 6.92 Å². The van der Waals surface area contributed by atoms with Crippen molar-refractivity contribution >= 4 is 32.8 Å². The fourth-order valence-electron chi connectivity index (χ4n) is 3.53. The summed E-state index contributed by atoms with van der Waals surface area (Å²) in [5.74, 6) is 0.897. The molecule has 1 fully saturated rings. The molecule has 0 amide bonds. The standard InChI is InChI=1S/C21H22N2O2S/c1-15-7-8-20-16(13-15)21(24)18(14-26-20)23-11-9-22(10-12-23)17-5-3-4-6-19(17)25-2/h3-8,13-14H,9-12H2,1-2H3. The first-order chi connectivity index (χ1) is 12.7. The van der Waals surface area contributed by atoms with Gasteiger partial charge in [-0.2, -0.15) is 0 Å². The number of aryl methyl sites for hydroxylation is 1. The first kappa shape index (κ1) is 16.9. The van der Waals surface area contributed by atoms with Crippen LogP contribution in [0.15, 0.2) is 52.6 Å². The maximum absolute atomic E-state index is 13.0. The lowest BCUT2D eigenvalue weighted by Gasteiger charge is -2.37. The molecule has 0 saturated carbocycles. The average Bonchev–Trinajstić information content (AvgIpc) is 2.69. The third-order valence-electron chi connectivity index (χ3n) is 4.96. The molecule has 4 rings (SSSR count). The van der Waals surface area contributed by atoms with Gasteiger partial charge in [0.1, 0.15) is 5.75 Å². The molecular formula is C21H22N2O2S. The Morgan fingerprint density at radius 2 is 1.65 bits per heavy atom. The molecule has 5 heteroatoms. The second-order valence-corrected chi connectivity index (χ2v) is 7.51. The van der Waals surface area contributed by atoms with Crippen LogP contribution in [0.3, 0.4) is 0 Å². The summed E-state index contributed by atoms with van der Waals surface area (Å²) < 4.78 is 6.54. The lowest BCUT2D eigenvalue weighted by Crippen LogP contribution is -2.47. The highest BCUT2D eigenvalue weighted by Gasteiger charge is 2.21. The monoisotopic (exact) mass is 366 g/mol. The second kappa shape index (κ2) is 7.00. The van der Waals surface area contributed by atoms with Crippen LogP contribution in [-0.2, 0) is 0 Å². The van der Waals surface area contributed by atoms with Gasteiger partial charge in [-0.3, -0.25) is 4.79 Å². The summed E-state index contributed by atoms with van der Waals surface area (Å²) in [5, 5.41) is 2.85. The van der Waals surface area contributed by atoms with E-state index in [0.29, 0.717) is 0 Å². The van der Waals surface area contributed by atoms with Crippen LogP contribution in [0.2, 0.25) is 0 Å². The molecule has 0 spiro atoms. The van der Waals surface area contributed by atoms with E-state index in [0.717, 1.165) is 59.0 Å². The fraction of sp³-hybridized carbons (Fsp3) is 0.286. The topological polar surface area (TPSA) is 32.8 Å². The molecule has 1 aliphatic rings. The maximum Gasteiger partial charge on any atom is 0.211 e. The van der Waals surface area contributed by atoms with Crippen molar-refractivity contribution in [2.75, 3.05) is 43.1 Å². The van der Waals surface area contributed by atoms with Gasteiger partial charge >= 0.3 is 0 Å². The van der Waals surface area contributed by atoms with Crippen LogP contribution >= 0.6 is 11.3 Å². The van der Waals surface area contributed by atoms with Gasteiger partial charge < -0.3 is 14.5 Å². The summed E-state index contributed by atoms with van der Waals surface area (Å²) in [6.45, 7) is 5.43. The Kier molecular flexibility index (Phi) is 4.55. The van der Waals surface area contributed by atoms with Crippen LogP contribution in [-0.4, -0.2) is 33.3 Å². The van der Waals surface area contributed by atoms with E-state index in [1.165, 1.54) is 0 Å². The Labute approximate surface area is 157 Å². The maximum atomic E-state index is 13.0. The van der Waals surface area contributed by atoms with Gasteiger partial charge in [0.05, 0.1) is 18.5 Å². The predicted octanol–water partition coefficient (Wildman–Crippen LogP) is 3.91. The number of hydrogen-bond acceptors (Lipinski definition) is 5. The van der Waals surface area contributed by atoms with Crippen molar-refractivity contribution in [3.05, 3.63) is 63.6 Å². The number of para-hydroxylation sites is 2. The van der Waals surface area contributed by atoms with Crippen LogP contribution in [0.5, 0.6) is 5.75 Å². The molecule has 26 heavy (non-hydrogen) atoms. The molecule has 2 aromatic carbocycles. The largest absolute Gasteiger partial charge is 0.495 e. The molecule has 1 aliphatic heterocycles. The van der Waals surface area contributed by atoms with Gasteiger partial charge in [-0.05, 0) is 31.2 Å². The number of piperazine rings is 1. The van der Waals surface area contributed by atoms with Gasteiger partial charge in [-0.1, -0.05) is 23.8 Å². The van der Waals surface area contributed by atoms with Crippen LogP contribution in [0.25, 0.3) is 10.1 Å². The van der Waals surface area contributed by atoms with Crippen molar-refractivity contribution in [3.63, 3.8) is 0 Å². The highest BCUT2D eigenvalue weighted by molar-refractivity contribution is 7.16. The fourth-order valence-corrected chi connectivity index (χ4v) is 4.45. The van der Waals surface area contributed by atoms with E-state index in [1.54, 1.807) is 18.4 Å². The Balaban J connectivity index is 1.58. The van der Waals surface area contributed by atoms with Crippen molar-refractivity contribution in [2.24, 2.45) is 0 Å². The molecule has 0 aliphatic carbocycles. The molecule has 0 unspecified atom stereocenters. The van der Waals surface area contributed by atoms with E-state index in [1.807, 2.05) is 42.6 Å². The minimum Gasteiger partial charge on any atom is -0.495 e. The van der Waals surface area contributed by atoms with E-state index in [4.69, 9.17) is 4.74 Å². The second-order valence-electron chi connectivity index (χ2n) is 6.60. The van der Waals surface area contributed by atoms with Gasteiger partial charge in [-0.15, -0.1) is 11.3 Å². The van der Waals surface area contributed by atoms with Crippen LogP contribution in [0.4, 0.5) is 11.4 Å². The smallest absolute Gasteiger partial charge is 0.211 e. The molecule has 134 valence electrons. The summed E-state index contributed by atoms with van der Waals surface area (Å²) in [6, 6.07) is 14.2. The van der Waals surface area contributed by atoms with Gasteiger partial charge in [0.25, 0.3) is 0 Å². The van der Waals surface area contributed by atoms with E-state index < -0.39 is 0 Å². The number of anilines is 2. The summed E-state index contributed by atoms with van der Waals surface area (Å²) in [5.41, 5.74) is 3.22. The molecule has 0 N–H and O–H groups in total. The number of fused-ring (bicyclic) bond motifs is 1. The Morgan fingerprint density at radius 3 is 2.38 bits per heavy atom. The number of methoxy groups -OCH3 is 1. The summed E-state index contributed by atoms with van der Waals surface area (Å²) in [7, 11) is 1.71. The molecule has 1 saturated heterocycles. The first-order valence-electron chi connectivity index (χ1n) is 8.82. The quantitative estimate of drug-likeness (QED) is 0.704. The predicted molar refractivity (Wildman–Crippen MR) is 110 cm³/mol. The summed E-state index contributed by atoms with van der Waals surface area (Å²) in [6.07, 6.45) is 0. The van der Waals surface area contributed by atoms with Gasteiger partial charge in [0.2, 0.25) is 5.43 Å². The van der Waals surface area contributed by atoms with Crippen molar-refractivity contribution in [1.29, 1.82) is 0 Å². The molecule has 0 atom stereocenters. The third kappa shape index (κ3) is 3.03. The van der Waals surface area contributed by atoms with E-state index in [-0.39, 0.29) is 5.43 Å². The average molecular weight is 366 g/mol. The normalized spacial score (nSPS) is 14.7. The number of hydrogen-bond donors (Lipinski definition) is 0. The number of rotatable bonds is 3. The van der Waals surface area contributed by atoms with Gasteiger partial charge in [-0.25, -0.2) is 0 Å². The number of nitrogens with zero attached hydrogens (tertiary/aromatic N) is 2. The lowest BCUT2D eigenvalue weighted by molar-refractivity contribution is 0.413. The molecule has 4 nitrogen and oxygen atoms in total. The Morgan fingerprint density at radius 1 is 0.962 bits per heavy atom. The highest BCUT2D eigenvalue weighted by Crippen LogP contribution is 2.29. The zero-order chi connectivity index (χ0) is 18.1. The van der Waals surface area contributed by atoms with E-state index in [2.05, 4.69) is 21.9 Å². The van der Waals surface area contributed by atoms with E-state index >= 15 is 0 Å². The molecule has 2 heterocycles. The third-order valence-corrected chi connectivity index (χ3v) is 5.91. The minimum absolute atomic E-state index is 0.146. The van der Waals surface area contributed by atoms with Gasteiger partial charge in [0.15, 0.2) is 0 Å². The number of benzene rings is 2. The molecule has 3 aromatic rings. The molecular weight excluding hydrogens is 344 g/mol. The highest BCUT2D eigenvalue weighted by atomic mass is 32.1. The van der Waals surface area contributed by atoms with Crippen molar-refractivity contribution in [3.8, 4) is 5.75 Å². The Hall–Kier alpha value is -2.53. The Bertz CT molecular complexity index is 991. The zero-order valence-corrected chi connectivity index (χ0v) is 15.9. The summed E-state index contributed by atoms with van der Waals surface area (Å²) >= 11 is 1.65. The minimum atomic E-state index is 0.146. The SMILES string of the molecule is COc1ccccc1N1CCN(c2csc3ccc(C)cc3c2=O)CC1. The van der Waals surface area contributed by atoms with E-state index in [9.17, 15) is 4.79 Å². The summed E-state index contributed by atoms with van der Waals surface area (Å²) in [4.78, 5) is 17.5.